The Morgan fingerprint density at radius 3 is 2.81 bits per heavy atom. The smallest absolute Gasteiger partial charge is 0.0737 e. The van der Waals surface area contributed by atoms with E-state index in [4.69, 9.17) is 11.6 Å². The SMILES string of the molecule is Clc1ccc2c(NCC3CN4CCN3CC4)ccnc2c1. The highest BCUT2D eigenvalue weighted by molar-refractivity contribution is 6.31. The third kappa shape index (κ3) is 2.59. The number of halogens is 1. The highest BCUT2D eigenvalue weighted by atomic mass is 35.5. The second-order valence-corrected chi connectivity index (χ2v) is 6.33. The molecule has 21 heavy (non-hydrogen) atoms. The molecule has 4 nitrogen and oxygen atoms in total. The second-order valence-electron chi connectivity index (χ2n) is 5.89. The number of rotatable bonds is 3. The van der Waals surface area contributed by atoms with Gasteiger partial charge < -0.3 is 5.32 Å². The first kappa shape index (κ1) is 13.3. The van der Waals surface area contributed by atoms with Gasteiger partial charge in [0.2, 0.25) is 0 Å². The van der Waals surface area contributed by atoms with Gasteiger partial charge in [-0.1, -0.05) is 11.6 Å². The van der Waals surface area contributed by atoms with Crippen LogP contribution in [0.25, 0.3) is 10.9 Å². The number of nitrogens with one attached hydrogen (secondary N) is 1. The summed E-state index contributed by atoms with van der Waals surface area (Å²) in [5.41, 5.74) is 2.09. The van der Waals surface area contributed by atoms with Crippen LogP contribution in [-0.2, 0) is 0 Å². The summed E-state index contributed by atoms with van der Waals surface area (Å²) < 4.78 is 0. The molecule has 0 radical (unpaired) electrons. The van der Waals surface area contributed by atoms with Crippen molar-refractivity contribution in [1.82, 2.24) is 14.8 Å². The Hall–Kier alpha value is -1.36. The molecule has 3 aliphatic rings. The summed E-state index contributed by atoms with van der Waals surface area (Å²) in [6.45, 7) is 7.04. The largest absolute Gasteiger partial charge is 0.383 e. The van der Waals surface area contributed by atoms with Gasteiger partial charge in [-0.2, -0.15) is 0 Å². The minimum Gasteiger partial charge on any atom is -0.383 e. The summed E-state index contributed by atoms with van der Waals surface area (Å²) in [6, 6.07) is 8.55. The molecule has 1 atom stereocenters. The van der Waals surface area contributed by atoms with E-state index in [9.17, 15) is 0 Å². The minimum atomic E-state index is 0.614. The highest BCUT2D eigenvalue weighted by Gasteiger charge is 2.31. The van der Waals surface area contributed by atoms with E-state index in [0.29, 0.717) is 6.04 Å². The molecule has 3 fully saturated rings. The van der Waals surface area contributed by atoms with E-state index < -0.39 is 0 Å². The zero-order valence-corrected chi connectivity index (χ0v) is 12.7. The van der Waals surface area contributed by atoms with Gasteiger partial charge in [0.05, 0.1) is 5.52 Å². The van der Waals surface area contributed by atoms with E-state index in [1.54, 1.807) is 0 Å². The maximum atomic E-state index is 6.04. The molecule has 4 heterocycles. The zero-order chi connectivity index (χ0) is 14.2. The van der Waals surface area contributed by atoms with Gasteiger partial charge in [-0.15, -0.1) is 0 Å². The Balaban J connectivity index is 1.52. The molecule has 5 heteroatoms. The van der Waals surface area contributed by atoms with Gasteiger partial charge >= 0.3 is 0 Å². The summed E-state index contributed by atoms with van der Waals surface area (Å²) in [5, 5.41) is 5.48. The van der Waals surface area contributed by atoms with Gasteiger partial charge in [0.25, 0.3) is 0 Å². The first-order valence-corrected chi connectivity index (χ1v) is 7.92. The number of benzene rings is 1. The molecule has 0 amide bonds. The van der Waals surface area contributed by atoms with Gasteiger partial charge in [0.1, 0.15) is 0 Å². The molecule has 3 aliphatic heterocycles. The summed E-state index contributed by atoms with van der Waals surface area (Å²) in [4.78, 5) is 9.56. The van der Waals surface area contributed by atoms with Crippen LogP contribution in [0.5, 0.6) is 0 Å². The fraction of sp³-hybridized carbons (Fsp3) is 0.438. The van der Waals surface area contributed by atoms with Crippen LogP contribution in [0.15, 0.2) is 30.5 Å². The molecule has 3 saturated heterocycles. The first-order valence-electron chi connectivity index (χ1n) is 7.54. The average Bonchev–Trinajstić information content (AvgIpc) is 2.53. The van der Waals surface area contributed by atoms with Crippen molar-refractivity contribution in [3.8, 4) is 0 Å². The molecule has 1 aromatic heterocycles. The van der Waals surface area contributed by atoms with E-state index in [1.165, 1.54) is 32.7 Å². The van der Waals surface area contributed by atoms with Crippen LogP contribution >= 0.6 is 11.6 Å². The van der Waals surface area contributed by atoms with Crippen molar-refractivity contribution in [2.45, 2.75) is 6.04 Å². The Kier molecular flexibility index (Phi) is 3.45. The summed E-state index contributed by atoms with van der Waals surface area (Å²) >= 11 is 6.04. The van der Waals surface area contributed by atoms with Crippen LogP contribution in [0.4, 0.5) is 5.69 Å². The van der Waals surface area contributed by atoms with Gasteiger partial charge in [0, 0.05) is 67.6 Å². The van der Waals surface area contributed by atoms with Crippen LogP contribution in [0, 0.1) is 0 Å². The monoisotopic (exact) mass is 302 g/mol. The molecule has 0 aliphatic carbocycles. The standard InChI is InChI=1S/C16H19ClN4/c17-12-1-2-14-15(3-4-18-16(14)9-12)19-10-13-11-20-5-7-21(13)8-6-20/h1-4,9,13H,5-8,10-11H2,(H,18,19). The van der Waals surface area contributed by atoms with E-state index in [1.807, 2.05) is 30.5 Å². The molecule has 0 saturated carbocycles. The molecule has 2 bridgehead atoms. The molecule has 110 valence electrons. The molecule has 2 aromatic rings. The Morgan fingerprint density at radius 1 is 1.19 bits per heavy atom. The number of hydrogen-bond donors (Lipinski definition) is 1. The molecular weight excluding hydrogens is 284 g/mol. The molecule has 0 spiro atoms. The fourth-order valence-electron chi connectivity index (χ4n) is 3.42. The van der Waals surface area contributed by atoms with Crippen molar-refractivity contribution < 1.29 is 0 Å². The van der Waals surface area contributed by atoms with Crippen LogP contribution in [0.1, 0.15) is 0 Å². The molecule has 1 aromatic carbocycles. The molecular formula is C16H19ClN4. The number of piperazine rings is 3. The van der Waals surface area contributed by atoms with Crippen molar-refractivity contribution in [3.05, 3.63) is 35.5 Å². The maximum Gasteiger partial charge on any atom is 0.0737 e. The van der Waals surface area contributed by atoms with Crippen LogP contribution in [0.2, 0.25) is 5.02 Å². The number of fused-ring (bicyclic) bond motifs is 4. The fourth-order valence-corrected chi connectivity index (χ4v) is 3.59. The van der Waals surface area contributed by atoms with Gasteiger partial charge in [-0.3, -0.25) is 14.8 Å². The minimum absolute atomic E-state index is 0.614. The van der Waals surface area contributed by atoms with Crippen molar-refractivity contribution in [1.29, 1.82) is 0 Å². The lowest BCUT2D eigenvalue weighted by atomic mass is 10.1. The third-order valence-corrected chi connectivity index (χ3v) is 4.86. The lowest BCUT2D eigenvalue weighted by Crippen LogP contribution is -2.62. The number of hydrogen-bond acceptors (Lipinski definition) is 4. The number of aromatic nitrogens is 1. The van der Waals surface area contributed by atoms with Gasteiger partial charge in [-0.25, -0.2) is 0 Å². The Morgan fingerprint density at radius 2 is 2.05 bits per heavy atom. The number of pyridine rings is 1. The number of nitrogens with zero attached hydrogens (tertiary/aromatic N) is 3. The molecule has 5 rings (SSSR count). The van der Waals surface area contributed by atoms with Crippen LogP contribution in [0.3, 0.4) is 0 Å². The molecule has 1 N–H and O–H groups in total. The van der Waals surface area contributed by atoms with Crippen molar-refractivity contribution in [3.63, 3.8) is 0 Å². The van der Waals surface area contributed by atoms with E-state index in [0.717, 1.165) is 28.2 Å². The lowest BCUT2D eigenvalue weighted by Gasteiger charge is -2.47. The quantitative estimate of drug-likeness (QED) is 0.943. The Bertz CT molecular complexity index is 652. The summed E-state index contributed by atoms with van der Waals surface area (Å²) in [6.07, 6.45) is 1.85. The molecule has 1 unspecified atom stereocenters. The van der Waals surface area contributed by atoms with Crippen LogP contribution in [-0.4, -0.2) is 60.1 Å². The van der Waals surface area contributed by atoms with E-state index in [-0.39, 0.29) is 0 Å². The van der Waals surface area contributed by atoms with Crippen molar-refractivity contribution in [2.75, 3.05) is 44.6 Å². The summed E-state index contributed by atoms with van der Waals surface area (Å²) in [7, 11) is 0. The second kappa shape index (κ2) is 5.44. The predicted octanol–water partition coefficient (Wildman–Crippen LogP) is 2.30. The maximum absolute atomic E-state index is 6.04. The normalized spacial score (nSPS) is 28.0. The topological polar surface area (TPSA) is 31.4 Å². The Labute approximate surface area is 129 Å². The van der Waals surface area contributed by atoms with Crippen molar-refractivity contribution in [2.24, 2.45) is 0 Å². The average molecular weight is 303 g/mol. The van der Waals surface area contributed by atoms with Gasteiger partial charge in [0.15, 0.2) is 0 Å². The number of anilines is 1. The van der Waals surface area contributed by atoms with Crippen LogP contribution < -0.4 is 5.32 Å². The van der Waals surface area contributed by atoms with E-state index >= 15 is 0 Å². The first-order chi connectivity index (χ1) is 10.3. The highest BCUT2D eigenvalue weighted by Crippen LogP contribution is 2.25. The predicted molar refractivity (Wildman–Crippen MR) is 87.0 cm³/mol. The van der Waals surface area contributed by atoms with Crippen molar-refractivity contribution >= 4 is 28.2 Å². The summed E-state index contributed by atoms with van der Waals surface area (Å²) in [5.74, 6) is 0. The lowest BCUT2D eigenvalue weighted by molar-refractivity contribution is 0.0189. The van der Waals surface area contributed by atoms with Gasteiger partial charge in [-0.05, 0) is 24.3 Å². The van der Waals surface area contributed by atoms with E-state index in [2.05, 4.69) is 20.1 Å². The zero-order valence-electron chi connectivity index (χ0n) is 11.9. The third-order valence-electron chi connectivity index (χ3n) is 4.63.